The fraction of sp³-hybridized carbons (Fsp3) is 0.0714. The summed E-state index contributed by atoms with van der Waals surface area (Å²) in [6.07, 6.45) is 0. The third kappa shape index (κ3) is 4.30. The highest BCUT2D eigenvalue weighted by atomic mass is 79.9. The zero-order valence-electron chi connectivity index (χ0n) is 10.8. The van der Waals surface area contributed by atoms with Crippen LogP contribution in [-0.2, 0) is 4.79 Å². The highest BCUT2D eigenvalue weighted by Crippen LogP contribution is 2.28. The number of hydrogen-bond acceptors (Lipinski definition) is 4. The molecule has 108 valence electrons. The van der Waals surface area contributed by atoms with E-state index in [4.69, 9.17) is 0 Å². The zero-order chi connectivity index (χ0) is 15.2. The molecular weight excluding hydrogens is 356 g/mol. The van der Waals surface area contributed by atoms with Gasteiger partial charge < -0.3 is 5.32 Å². The van der Waals surface area contributed by atoms with Crippen molar-refractivity contribution in [3.8, 4) is 0 Å². The van der Waals surface area contributed by atoms with Crippen LogP contribution in [0.15, 0.2) is 57.9 Å². The van der Waals surface area contributed by atoms with Gasteiger partial charge in [-0.3, -0.25) is 14.9 Å². The summed E-state index contributed by atoms with van der Waals surface area (Å²) in [5.74, 6) is -0.112. The lowest BCUT2D eigenvalue weighted by molar-refractivity contribution is -0.383. The first-order valence-electron chi connectivity index (χ1n) is 5.98. The van der Waals surface area contributed by atoms with Gasteiger partial charge in [0.1, 0.15) is 5.69 Å². The summed E-state index contributed by atoms with van der Waals surface area (Å²) in [5, 5.41) is 13.4. The molecule has 2 rings (SSSR count). The Morgan fingerprint density at radius 1 is 1.19 bits per heavy atom. The first-order valence-corrected chi connectivity index (χ1v) is 7.76. The molecule has 21 heavy (non-hydrogen) atoms. The number of nitro groups is 1. The molecule has 0 aromatic heterocycles. The Morgan fingerprint density at radius 2 is 1.86 bits per heavy atom. The van der Waals surface area contributed by atoms with E-state index in [1.807, 2.05) is 24.3 Å². The molecule has 7 heteroatoms. The monoisotopic (exact) mass is 366 g/mol. The number of hydrogen-bond donors (Lipinski definition) is 1. The van der Waals surface area contributed by atoms with Crippen LogP contribution in [0, 0.1) is 10.1 Å². The van der Waals surface area contributed by atoms with E-state index in [-0.39, 0.29) is 23.0 Å². The second-order valence-electron chi connectivity index (χ2n) is 4.04. The van der Waals surface area contributed by atoms with Crippen molar-refractivity contribution in [3.05, 3.63) is 63.1 Å². The zero-order valence-corrected chi connectivity index (χ0v) is 13.2. The quantitative estimate of drug-likeness (QED) is 0.491. The second kappa shape index (κ2) is 7.24. The fourth-order valence-corrected chi connectivity index (χ4v) is 3.00. The molecule has 5 nitrogen and oxygen atoms in total. The lowest BCUT2D eigenvalue weighted by Crippen LogP contribution is -2.15. The van der Waals surface area contributed by atoms with Crippen molar-refractivity contribution in [2.75, 3.05) is 11.1 Å². The van der Waals surface area contributed by atoms with Crippen molar-refractivity contribution in [2.45, 2.75) is 4.90 Å². The standard InChI is InChI=1S/C14H11BrN2O3S/c15-10-5-1-4-8-13(10)21-9-14(18)16-11-6-2-3-7-12(11)17(19)20/h1-8H,9H2,(H,16,18). The van der Waals surface area contributed by atoms with Crippen molar-refractivity contribution in [3.63, 3.8) is 0 Å². The second-order valence-corrected chi connectivity index (χ2v) is 5.91. The van der Waals surface area contributed by atoms with Crippen LogP contribution in [0.25, 0.3) is 0 Å². The van der Waals surface area contributed by atoms with Gasteiger partial charge in [-0.25, -0.2) is 0 Å². The number of anilines is 1. The van der Waals surface area contributed by atoms with Crippen LogP contribution >= 0.6 is 27.7 Å². The van der Waals surface area contributed by atoms with E-state index in [1.165, 1.54) is 23.9 Å². The maximum atomic E-state index is 11.9. The molecule has 0 aliphatic carbocycles. The number of para-hydroxylation sites is 2. The summed E-state index contributed by atoms with van der Waals surface area (Å²) in [4.78, 5) is 23.2. The first kappa shape index (κ1) is 15.5. The Bertz CT molecular complexity index is 679. The van der Waals surface area contributed by atoms with Crippen LogP contribution in [-0.4, -0.2) is 16.6 Å². The third-order valence-electron chi connectivity index (χ3n) is 2.57. The molecule has 2 aromatic carbocycles. The first-order chi connectivity index (χ1) is 10.1. The molecule has 0 aliphatic heterocycles. The van der Waals surface area contributed by atoms with E-state index < -0.39 is 4.92 Å². The summed E-state index contributed by atoms with van der Waals surface area (Å²) in [6.45, 7) is 0. The van der Waals surface area contributed by atoms with Crippen LogP contribution in [0.5, 0.6) is 0 Å². The average molecular weight is 367 g/mol. The Hall–Kier alpha value is -1.86. The van der Waals surface area contributed by atoms with Crippen LogP contribution in [0.1, 0.15) is 0 Å². The van der Waals surface area contributed by atoms with Gasteiger partial charge >= 0.3 is 0 Å². The molecular formula is C14H11BrN2O3S. The van der Waals surface area contributed by atoms with E-state index >= 15 is 0 Å². The van der Waals surface area contributed by atoms with Crippen LogP contribution in [0.4, 0.5) is 11.4 Å². The summed E-state index contributed by atoms with van der Waals surface area (Å²) in [7, 11) is 0. The number of rotatable bonds is 5. The Labute approximate surface area is 134 Å². The number of benzene rings is 2. The van der Waals surface area contributed by atoms with Crippen LogP contribution in [0.3, 0.4) is 0 Å². The molecule has 0 aliphatic rings. The Balaban J connectivity index is 2.00. The normalized spacial score (nSPS) is 10.1. The molecule has 0 bridgehead atoms. The number of nitrogens with zero attached hydrogens (tertiary/aromatic N) is 1. The minimum atomic E-state index is -0.517. The van der Waals surface area contributed by atoms with Crippen molar-refractivity contribution >= 4 is 45.0 Å². The van der Waals surface area contributed by atoms with Gasteiger partial charge in [-0.15, -0.1) is 11.8 Å². The van der Waals surface area contributed by atoms with Gasteiger partial charge in [0.25, 0.3) is 5.69 Å². The van der Waals surface area contributed by atoms with E-state index in [2.05, 4.69) is 21.2 Å². The lowest BCUT2D eigenvalue weighted by atomic mass is 10.2. The number of nitro benzene ring substituents is 1. The minimum Gasteiger partial charge on any atom is -0.320 e. The molecule has 0 fully saturated rings. The summed E-state index contributed by atoms with van der Waals surface area (Å²) in [6, 6.07) is 13.6. The molecule has 1 amide bonds. The largest absolute Gasteiger partial charge is 0.320 e. The topological polar surface area (TPSA) is 72.2 Å². The smallest absolute Gasteiger partial charge is 0.292 e. The van der Waals surface area contributed by atoms with Gasteiger partial charge in [-0.05, 0) is 34.1 Å². The third-order valence-corrected chi connectivity index (χ3v) is 4.60. The highest BCUT2D eigenvalue weighted by Gasteiger charge is 2.14. The van der Waals surface area contributed by atoms with Gasteiger partial charge in [0, 0.05) is 15.4 Å². The molecule has 0 spiro atoms. The van der Waals surface area contributed by atoms with Gasteiger partial charge in [0.05, 0.1) is 10.7 Å². The summed E-state index contributed by atoms with van der Waals surface area (Å²) < 4.78 is 0.911. The van der Waals surface area contributed by atoms with Crippen molar-refractivity contribution < 1.29 is 9.72 Å². The minimum absolute atomic E-state index is 0.114. The molecule has 2 aromatic rings. The predicted octanol–water partition coefficient (Wildman–Crippen LogP) is 4.09. The summed E-state index contributed by atoms with van der Waals surface area (Å²) in [5.41, 5.74) is 0.0944. The highest BCUT2D eigenvalue weighted by molar-refractivity contribution is 9.10. The van der Waals surface area contributed by atoms with Gasteiger partial charge in [0.15, 0.2) is 0 Å². The maximum absolute atomic E-state index is 11.9. The molecule has 0 unspecified atom stereocenters. The van der Waals surface area contributed by atoms with Crippen molar-refractivity contribution in [2.24, 2.45) is 0 Å². The van der Waals surface area contributed by atoms with E-state index in [9.17, 15) is 14.9 Å². The molecule has 0 atom stereocenters. The number of halogens is 1. The molecule has 0 radical (unpaired) electrons. The van der Waals surface area contributed by atoms with Gasteiger partial charge in [0.2, 0.25) is 5.91 Å². The summed E-state index contributed by atoms with van der Waals surface area (Å²) >= 11 is 4.76. The van der Waals surface area contributed by atoms with Crippen LogP contribution in [0.2, 0.25) is 0 Å². The maximum Gasteiger partial charge on any atom is 0.292 e. The Morgan fingerprint density at radius 3 is 2.57 bits per heavy atom. The molecule has 0 heterocycles. The number of carbonyl (C=O) groups is 1. The van der Waals surface area contributed by atoms with E-state index in [0.717, 1.165) is 9.37 Å². The van der Waals surface area contributed by atoms with Gasteiger partial charge in [-0.2, -0.15) is 0 Å². The molecule has 0 saturated carbocycles. The number of thioether (sulfide) groups is 1. The van der Waals surface area contributed by atoms with E-state index in [1.54, 1.807) is 12.1 Å². The van der Waals surface area contributed by atoms with E-state index in [0.29, 0.717) is 0 Å². The molecule has 1 N–H and O–H groups in total. The van der Waals surface area contributed by atoms with Crippen molar-refractivity contribution in [1.82, 2.24) is 0 Å². The lowest BCUT2D eigenvalue weighted by Gasteiger charge is -2.06. The predicted molar refractivity (Wildman–Crippen MR) is 86.6 cm³/mol. The Kier molecular flexibility index (Phi) is 5.35. The van der Waals surface area contributed by atoms with Gasteiger partial charge in [-0.1, -0.05) is 24.3 Å². The van der Waals surface area contributed by atoms with Crippen LogP contribution < -0.4 is 5.32 Å². The fourth-order valence-electron chi connectivity index (χ4n) is 1.63. The molecule has 0 saturated heterocycles. The SMILES string of the molecule is O=C(CSc1ccccc1Br)Nc1ccccc1[N+](=O)[O-]. The average Bonchev–Trinajstić information content (AvgIpc) is 2.47. The number of nitrogens with one attached hydrogen (secondary N) is 1. The number of carbonyl (C=O) groups excluding carboxylic acids is 1. The van der Waals surface area contributed by atoms with Crippen molar-refractivity contribution in [1.29, 1.82) is 0 Å². The number of amides is 1.